The highest BCUT2D eigenvalue weighted by molar-refractivity contribution is 7.80. The van der Waals surface area contributed by atoms with Crippen LogP contribution in [0.4, 0.5) is 10.5 Å². The van der Waals surface area contributed by atoms with Gasteiger partial charge >= 0.3 is 6.03 Å². The number of likely N-dealkylation sites (tertiary alicyclic amines) is 1. The zero-order valence-corrected chi connectivity index (χ0v) is 20.6. The second-order valence-electron chi connectivity index (χ2n) is 9.61. The average Bonchev–Trinajstić information content (AvgIpc) is 3.58. The topological polar surface area (TPSA) is 105 Å². The van der Waals surface area contributed by atoms with Crippen LogP contribution in [0.25, 0.3) is 10.8 Å². The van der Waals surface area contributed by atoms with Gasteiger partial charge in [-0.15, -0.1) is 0 Å². The maximum Gasteiger partial charge on any atom is 0.332 e. The number of fused-ring (bicyclic) bond motifs is 6. The van der Waals surface area contributed by atoms with Crippen molar-refractivity contribution < 1.29 is 14.3 Å². The molecular formula is C25H27N7O3S. The summed E-state index contributed by atoms with van der Waals surface area (Å²) in [5, 5.41) is 14.7. The number of benzene rings is 1. The van der Waals surface area contributed by atoms with Gasteiger partial charge in [-0.05, 0) is 31.6 Å². The van der Waals surface area contributed by atoms with Crippen molar-refractivity contribution in [1.82, 2.24) is 25.0 Å². The molecule has 36 heavy (non-hydrogen) atoms. The minimum absolute atomic E-state index is 0.0628. The molecule has 4 fully saturated rings. The fraction of sp³-hybridized carbons (Fsp3) is 0.480. The Kier molecular flexibility index (Phi) is 5.95. The number of rotatable bonds is 5. The van der Waals surface area contributed by atoms with Crippen molar-refractivity contribution in [2.45, 2.75) is 31.0 Å². The molecule has 4 saturated heterocycles. The van der Waals surface area contributed by atoms with Gasteiger partial charge in [0.1, 0.15) is 17.8 Å². The third kappa shape index (κ3) is 3.68. The molecule has 3 atom stereocenters. The minimum Gasteiger partial charge on any atom is -0.379 e. The van der Waals surface area contributed by atoms with Gasteiger partial charge in [0.15, 0.2) is 5.11 Å². The smallest absolute Gasteiger partial charge is 0.332 e. The number of nitrogens with zero attached hydrogens (tertiary/aromatic N) is 6. The third-order valence-corrected chi connectivity index (χ3v) is 8.06. The van der Waals surface area contributed by atoms with Crippen LogP contribution in [0.2, 0.25) is 0 Å². The van der Waals surface area contributed by atoms with E-state index in [0.29, 0.717) is 28.1 Å². The fourth-order valence-corrected chi connectivity index (χ4v) is 6.29. The van der Waals surface area contributed by atoms with Crippen molar-refractivity contribution in [3.05, 3.63) is 36.2 Å². The van der Waals surface area contributed by atoms with Crippen LogP contribution in [0.15, 0.2) is 30.5 Å². The average molecular weight is 506 g/mol. The van der Waals surface area contributed by atoms with Crippen LogP contribution in [0.3, 0.4) is 0 Å². The molecule has 0 saturated carbocycles. The van der Waals surface area contributed by atoms with Crippen LogP contribution < -0.4 is 10.2 Å². The molecule has 1 aromatic heterocycles. The fourth-order valence-electron chi connectivity index (χ4n) is 5.98. The lowest BCUT2D eigenvalue weighted by Gasteiger charge is -2.36. The van der Waals surface area contributed by atoms with E-state index < -0.39 is 6.04 Å². The van der Waals surface area contributed by atoms with E-state index in [4.69, 9.17) is 17.0 Å². The van der Waals surface area contributed by atoms with Gasteiger partial charge in [0, 0.05) is 37.0 Å². The molecule has 4 aliphatic rings. The summed E-state index contributed by atoms with van der Waals surface area (Å²) in [6, 6.07) is 8.22. The van der Waals surface area contributed by atoms with Crippen molar-refractivity contribution in [3.8, 4) is 6.07 Å². The predicted molar refractivity (Wildman–Crippen MR) is 136 cm³/mol. The number of hydrogen-bond acceptors (Lipinski definition) is 7. The number of carbonyl (C=O) groups is 2. The molecule has 4 aliphatic heterocycles. The number of carbonyl (C=O) groups excluding carboxylic acids is 2. The summed E-state index contributed by atoms with van der Waals surface area (Å²) in [6.07, 6.45) is 3.17. The molecule has 3 amide bonds. The summed E-state index contributed by atoms with van der Waals surface area (Å²) in [6.45, 7) is 5.90. The first kappa shape index (κ1) is 23.1. The Labute approximate surface area is 214 Å². The van der Waals surface area contributed by atoms with Gasteiger partial charge in [0.2, 0.25) is 0 Å². The second-order valence-corrected chi connectivity index (χ2v) is 9.99. The molecule has 2 unspecified atom stereocenters. The number of morpholine rings is 1. The second kappa shape index (κ2) is 9.28. The Morgan fingerprint density at radius 2 is 2.00 bits per heavy atom. The van der Waals surface area contributed by atoms with Crippen LogP contribution >= 0.6 is 12.2 Å². The van der Waals surface area contributed by atoms with Gasteiger partial charge < -0.3 is 19.9 Å². The number of hydrogen-bond donors (Lipinski definition) is 1. The molecule has 6 rings (SSSR count). The quantitative estimate of drug-likeness (QED) is 0.366. The van der Waals surface area contributed by atoms with Crippen LogP contribution in [-0.4, -0.2) is 101 Å². The number of anilines is 1. The largest absolute Gasteiger partial charge is 0.379 e. The van der Waals surface area contributed by atoms with E-state index in [0.717, 1.165) is 52.2 Å². The normalized spacial score (nSPS) is 25.5. The lowest BCUT2D eigenvalue weighted by Crippen LogP contribution is -2.57. The highest BCUT2D eigenvalue weighted by atomic mass is 32.1. The van der Waals surface area contributed by atoms with E-state index in [2.05, 4.69) is 26.2 Å². The highest BCUT2D eigenvalue weighted by Crippen LogP contribution is 2.43. The number of piperazine rings is 1. The van der Waals surface area contributed by atoms with Gasteiger partial charge in [0.25, 0.3) is 5.91 Å². The molecule has 10 nitrogen and oxygen atoms in total. The Morgan fingerprint density at radius 3 is 2.78 bits per heavy atom. The van der Waals surface area contributed by atoms with Crippen LogP contribution in [0.5, 0.6) is 0 Å². The van der Waals surface area contributed by atoms with Crippen molar-refractivity contribution in [2.24, 2.45) is 0 Å². The van der Waals surface area contributed by atoms with Crippen LogP contribution in [0.1, 0.15) is 18.5 Å². The highest BCUT2D eigenvalue weighted by Gasteiger charge is 2.62. The number of aromatic nitrogens is 1. The maximum absolute atomic E-state index is 13.7. The number of thiocarbonyl (C=S) groups is 1. The molecule has 2 aromatic rings. The third-order valence-electron chi connectivity index (χ3n) is 7.68. The number of pyridine rings is 1. The SMILES string of the molecule is N#Cc1ncc(N2C(=O)C3C4C[C@H](CN4C(=S)NCCCN4CCOCC4)N3C2=O)c2ccccc12. The van der Waals surface area contributed by atoms with Crippen LogP contribution in [0, 0.1) is 11.3 Å². The molecule has 0 radical (unpaired) electrons. The molecule has 2 bridgehead atoms. The van der Waals surface area contributed by atoms with Gasteiger partial charge in [-0.2, -0.15) is 5.26 Å². The van der Waals surface area contributed by atoms with E-state index >= 15 is 0 Å². The molecular weight excluding hydrogens is 478 g/mol. The molecule has 0 aliphatic carbocycles. The zero-order valence-electron chi connectivity index (χ0n) is 19.8. The maximum atomic E-state index is 13.7. The minimum atomic E-state index is -0.571. The Bertz CT molecular complexity index is 1270. The summed E-state index contributed by atoms with van der Waals surface area (Å²) < 4.78 is 5.40. The first-order valence-electron chi connectivity index (χ1n) is 12.4. The summed E-state index contributed by atoms with van der Waals surface area (Å²) in [7, 11) is 0. The zero-order chi connectivity index (χ0) is 24.8. The van der Waals surface area contributed by atoms with Gasteiger partial charge in [0.05, 0.1) is 37.2 Å². The molecule has 5 heterocycles. The van der Waals surface area contributed by atoms with E-state index in [1.807, 2.05) is 18.2 Å². The van der Waals surface area contributed by atoms with Crippen molar-refractivity contribution in [3.63, 3.8) is 0 Å². The first-order chi connectivity index (χ1) is 17.6. The number of nitriles is 1. The lowest BCUT2D eigenvalue weighted by atomic mass is 10.1. The summed E-state index contributed by atoms with van der Waals surface area (Å²) in [5.74, 6) is -0.260. The Balaban J connectivity index is 1.16. The standard InChI is InChI=1S/C25H27N7O3S/c26-13-19-17-4-1-2-5-18(17)21(14-28-19)32-23(33)22-20-12-16(31(22)25(32)34)15-30(20)24(36)27-6-3-7-29-8-10-35-11-9-29/h1-2,4-5,14,16,20,22H,3,6-12,15H2,(H,27,36)/t16-,20?,22?/m1/s1. The van der Waals surface area contributed by atoms with Gasteiger partial charge in [-0.1, -0.05) is 24.3 Å². The van der Waals surface area contributed by atoms with E-state index in [1.165, 1.54) is 11.1 Å². The summed E-state index contributed by atoms with van der Waals surface area (Å²) >= 11 is 5.70. The number of ether oxygens (including phenoxy) is 1. The molecule has 11 heteroatoms. The number of urea groups is 1. The Hall–Kier alpha value is -3.33. The molecule has 186 valence electrons. The summed E-state index contributed by atoms with van der Waals surface area (Å²) in [5.41, 5.74) is 0.689. The molecule has 1 aromatic carbocycles. The number of nitrogens with one attached hydrogen (secondary N) is 1. The van der Waals surface area contributed by atoms with Crippen molar-refractivity contribution in [1.29, 1.82) is 5.26 Å². The predicted octanol–water partition coefficient (Wildman–Crippen LogP) is 1.30. The number of amides is 3. The van der Waals surface area contributed by atoms with E-state index in [1.54, 1.807) is 11.0 Å². The lowest BCUT2D eigenvalue weighted by molar-refractivity contribution is -0.120. The van der Waals surface area contributed by atoms with E-state index in [-0.39, 0.29) is 29.7 Å². The molecule has 1 N–H and O–H groups in total. The van der Waals surface area contributed by atoms with Crippen LogP contribution in [-0.2, 0) is 9.53 Å². The van der Waals surface area contributed by atoms with Crippen molar-refractivity contribution >= 4 is 45.7 Å². The number of imide groups is 1. The Morgan fingerprint density at radius 1 is 1.22 bits per heavy atom. The van der Waals surface area contributed by atoms with E-state index in [9.17, 15) is 14.9 Å². The van der Waals surface area contributed by atoms with Gasteiger partial charge in [-0.25, -0.2) is 14.7 Å². The monoisotopic (exact) mass is 505 g/mol. The van der Waals surface area contributed by atoms with Crippen molar-refractivity contribution in [2.75, 3.05) is 50.8 Å². The van der Waals surface area contributed by atoms with Gasteiger partial charge in [-0.3, -0.25) is 9.69 Å². The summed E-state index contributed by atoms with van der Waals surface area (Å²) in [4.78, 5) is 38.8. The first-order valence-corrected chi connectivity index (χ1v) is 12.8. The molecule has 0 spiro atoms.